The molecule has 1 N–H and O–H groups in total. The highest BCUT2D eigenvalue weighted by Gasteiger charge is 2.23. The van der Waals surface area contributed by atoms with Gasteiger partial charge in [-0.2, -0.15) is 5.10 Å². The van der Waals surface area contributed by atoms with Gasteiger partial charge in [-0.15, -0.1) is 10.2 Å². The zero-order valence-electron chi connectivity index (χ0n) is 16.1. The molecule has 1 unspecified atom stereocenters. The number of fused-ring (bicyclic) bond motifs is 2. The number of amides is 1. The predicted molar refractivity (Wildman–Crippen MR) is 108 cm³/mol. The standard InChI is InChI=1S/C21H21N7O/c1-27-13-16(12-23-27)20-26-25-19-7-6-17(8-9-28(19)20)24-21(29)18-10-14-4-2-3-5-15(14)11-22-18/h2-5,10-13,17H,6-9H2,1H3,(H,24,29). The molecule has 1 amide bonds. The molecule has 0 saturated carbocycles. The third kappa shape index (κ3) is 3.37. The molecule has 8 nitrogen and oxygen atoms in total. The first-order valence-corrected chi connectivity index (χ1v) is 9.74. The maximum absolute atomic E-state index is 12.8. The summed E-state index contributed by atoms with van der Waals surface area (Å²) in [5, 5.41) is 18.1. The van der Waals surface area contributed by atoms with Gasteiger partial charge in [-0.25, -0.2) is 0 Å². The van der Waals surface area contributed by atoms with Gasteiger partial charge in [0.15, 0.2) is 5.82 Å². The largest absolute Gasteiger partial charge is 0.348 e. The quantitative estimate of drug-likeness (QED) is 0.583. The number of nitrogens with one attached hydrogen (secondary N) is 1. The molecular weight excluding hydrogens is 366 g/mol. The molecule has 5 rings (SSSR count). The summed E-state index contributed by atoms with van der Waals surface area (Å²) in [6, 6.07) is 9.82. The van der Waals surface area contributed by atoms with Gasteiger partial charge in [-0.05, 0) is 24.3 Å². The first-order valence-electron chi connectivity index (χ1n) is 9.74. The lowest BCUT2D eigenvalue weighted by atomic mass is 10.1. The van der Waals surface area contributed by atoms with E-state index in [4.69, 9.17) is 0 Å². The molecule has 0 radical (unpaired) electrons. The molecule has 4 aromatic rings. The minimum absolute atomic E-state index is 0.0687. The number of carbonyl (C=O) groups excluding carboxylic acids is 1. The summed E-state index contributed by atoms with van der Waals surface area (Å²) in [5.74, 6) is 1.65. The maximum Gasteiger partial charge on any atom is 0.270 e. The van der Waals surface area contributed by atoms with Gasteiger partial charge in [0.2, 0.25) is 0 Å². The van der Waals surface area contributed by atoms with Crippen molar-refractivity contribution in [2.24, 2.45) is 7.05 Å². The fraction of sp³-hybridized carbons (Fsp3) is 0.286. The Kier molecular flexibility index (Phi) is 4.31. The van der Waals surface area contributed by atoms with Crippen molar-refractivity contribution < 1.29 is 4.79 Å². The molecule has 29 heavy (non-hydrogen) atoms. The lowest BCUT2D eigenvalue weighted by Crippen LogP contribution is -2.35. The summed E-state index contributed by atoms with van der Waals surface area (Å²) in [4.78, 5) is 17.1. The molecule has 1 aromatic carbocycles. The smallest absolute Gasteiger partial charge is 0.270 e. The number of hydrogen-bond acceptors (Lipinski definition) is 5. The molecule has 146 valence electrons. The molecular formula is C21H21N7O. The van der Waals surface area contributed by atoms with Gasteiger partial charge in [0.05, 0.1) is 11.8 Å². The molecule has 1 aliphatic heterocycles. The maximum atomic E-state index is 12.8. The number of nitrogens with zero attached hydrogens (tertiary/aromatic N) is 6. The highest BCUT2D eigenvalue weighted by molar-refractivity contribution is 5.96. The van der Waals surface area contributed by atoms with E-state index >= 15 is 0 Å². The van der Waals surface area contributed by atoms with Crippen molar-refractivity contribution in [1.82, 2.24) is 34.8 Å². The molecule has 1 aliphatic rings. The Bertz CT molecular complexity index is 1190. The number of aryl methyl sites for hydroxylation is 2. The van der Waals surface area contributed by atoms with Crippen molar-refractivity contribution in [3.63, 3.8) is 0 Å². The lowest BCUT2D eigenvalue weighted by Gasteiger charge is -2.16. The van der Waals surface area contributed by atoms with Crippen LogP contribution in [-0.4, -0.2) is 41.5 Å². The number of pyridine rings is 1. The zero-order valence-corrected chi connectivity index (χ0v) is 16.1. The second-order valence-electron chi connectivity index (χ2n) is 7.41. The van der Waals surface area contributed by atoms with Crippen molar-refractivity contribution in [2.45, 2.75) is 31.8 Å². The van der Waals surface area contributed by atoms with Crippen LogP contribution in [0.1, 0.15) is 29.2 Å². The molecule has 0 aliphatic carbocycles. The summed E-state index contributed by atoms with van der Waals surface area (Å²) in [6.45, 7) is 0.753. The Morgan fingerprint density at radius 2 is 2.00 bits per heavy atom. The monoisotopic (exact) mass is 387 g/mol. The Hall–Kier alpha value is -3.55. The third-order valence-electron chi connectivity index (χ3n) is 5.41. The first-order chi connectivity index (χ1) is 14.2. The van der Waals surface area contributed by atoms with E-state index in [1.165, 1.54) is 0 Å². The van der Waals surface area contributed by atoms with Crippen LogP contribution >= 0.6 is 0 Å². The minimum atomic E-state index is -0.133. The van der Waals surface area contributed by atoms with E-state index in [2.05, 4.69) is 30.2 Å². The second kappa shape index (κ2) is 7.12. The Labute approximate surface area is 167 Å². The molecule has 8 heteroatoms. The van der Waals surface area contributed by atoms with Crippen LogP contribution in [0.25, 0.3) is 22.2 Å². The van der Waals surface area contributed by atoms with Gasteiger partial charge in [0.1, 0.15) is 11.5 Å². The molecule has 0 fully saturated rings. The normalized spacial score (nSPS) is 16.4. The zero-order chi connectivity index (χ0) is 19.8. The van der Waals surface area contributed by atoms with Crippen molar-refractivity contribution in [1.29, 1.82) is 0 Å². The highest BCUT2D eigenvalue weighted by Crippen LogP contribution is 2.22. The number of aromatic nitrogens is 6. The van der Waals surface area contributed by atoms with Gasteiger partial charge in [0.25, 0.3) is 5.91 Å². The van der Waals surface area contributed by atoms with Gasteiger partial charge in [-0.1, -0.05) is 24.3 Å². The van der Waals surface area contributed by atoms with Crippen LogP contribution in [0.2, 0.25) is 0 Å². The number of carbonyl (C=O) groups is 1. The fourth-order valence-electron chi connectivity index (χ4n) is 3.85. The average molecular weight is 387 g/mol. The highest BCUT2D eigenvalue weighted by atomic mass is 16.1. The van der Waals surface area contributed by atoms with E-state index in [9.17, 15) is 4.79 Å². The summed E-state index contributed by atoms with van der Waals surface area (Å²) < 4.78 is 3.89. The Morgan fingerprint density at radius 3 is 2.83 bits per heavy atom. The van der Waals surface area contributed by atoms with Crippen LogP contribution in [0.4, 0.5) is 0 Å². The van der Waals surface area contributed by atoms with Gasteiger partial charge in [-0.3, -0.25) is 14.5 Å². The van der Waals surface area contributed by atoms with Crippen LogP contribution in [0, 0.1) is 0 Å². The van der Waals surface area contributed by atoms with E-state index in [1.807, 2.05) is 43.6 Å². The Morgan fingerprint density at radius 1 is 1.14 bits per heavy atom. The van der Waals surface area contributed by atoms with Crippen LogP contribution in [0.3, 0.4) is 0 Å². The van der Waals surface area contributed by atoms with Crippen LogP contribution < -0.4 is 5.32 Å². The van der Waals surface area contributed by atoms with Crippen LogP contribution in [0.5, 0.6) is 0 Å². The summed E-state index contributed by atoms with van der Waals surface area (Å²) in [7, 11) is 1.88. The predicted octanol–water partition coefficient (Wildman–Crippen LogP) is 2.36. The third-order valence-corrected chi connectivity index (χ3v) is 5.41. The van der Waals surface area contributed by atoms with Gasteiger partial charge in [0, 0.05) is 43.8 Å². The van der Waals surface area contributed by atoms with Gasteiger partial charge < -0.3 is 9.88 Å². The van der Waals surface area contributed by atoms with E-state index in [1.54, 1.807) is 17.1 Å². The average Bonchev–Trinajstić information content (AvgIpc) is 3.30. The molecule has 1 atom stereocenters. The molecule has 4 heterocycles. The molecule has 0 bridgehead atoms. The topological polar surface area (TPSA) is 90.5 Å². The Balaban J connectivity index is 1.30. The second-order valence-corrected chi connectivity index (χ2v) is 7.41. The van der Waals surface area contributed by atoms with Gasteiger partial charge >= 0.3 is 0 Å². The van der Waals surface area contributed by atoms with E-state index in [-0.39, 0.29) is 11.9 Å². The molecule has 0 saturated heterocycles. The fourth-order valence-corrected chi connectivity index (χ4v) is 3.85. The number of hydrogen-bond donors (Lipinski definition) is 1. The van der Waals surface area contributed by atoms with E-state index in [0.717, 1.165) is 53.8 Å². The molecule has 3 aromatic heterocycles. The van der Waals surface area contributed by atoms with Crippen LogP contribution in [0.15, 0.2) is 48.9 Å². The number of benzene rings is 1. The lowest BCUT2D eigenvalue weighted by molar-refractivity contribution is 0.0928. The van der Waals surface area contributed by atoms with E-state index < -0.39 is 0 Å². The van der Waals surface area contributed by atoms with E-state index in [0.29, 0.717) is 5.69 Å². The summed E-state index contributed by atoms with van der Waals surface area (Å²) >= 11 is 0. The van der Waals surface area contributed by atoms with Crippen molar-refractivity contribution >= 4 is 16.7 Å². The summed E-state index contributed by atoms with van der Waals surface area (Å²) in [5.41, 5.74) is 1.40. The first kappa shape index (κ1) is 17.5. The van der Waals surface area contributed by atoms with Crippen molar-refractivity contribution in [3.05, 3.63) is 60.4 Å². The minimum Gasteiger partial charge on any atom is -0.348 e. The van der Waals surface area contributed by atoms with Crippen molar-refractivity contribution in [3.8, 4) is 11.4 Å². The molecule has 0 spiro atoms. The summed E-state index contributed by atoms with van der Waals surface area (Å²) in [6.07, 6.45) is 7.89. The SMILES string of the molecule is Cn1cc(-c2nnc3n2CCC(NC(=O)c2cc4ccccc4cn2)CC3)cn1. The van der Waals surface area contributed by atoms with Crippen LogP contribution in [-0.2, 0) is 20.0 Å². The van der Waals surface area contributed by atoms with Crippen molar-refractivity contribution in [2.75, 3.05) is 0 Å². The number of rotatable bonds is 3.